The van der Waals surface area contributed by atoms with E-state index in [-0.39, 0.29) is 0 Å². The fourth-order valence-corrected chi connectivity index (χ4v) is 2.41. The van der Waals surface area contributed by atoms with E-state index in [0.717, 1.165) is 31.4 Å². The SMILES string of the molecule is COCCC(C)C1CNc2ccccc2C1. The van der Waals surface area contributed by atoms with Gasteiger partial charge in [0.05, 0.1) is 0 Å². The number of para-hydroxylation sites is 1. The van der Waals surface area contributed by atoms with Crippen molar-refractivity contribution in [3.05, 3.63) is 29.8 Å². The molecule has 0 saturated heterocycles. The molecule has 0 spiro atoms. The second kappa shape index (κ2) is 5.35. The highest BCUT2D eigenvalue weighted by Gasteiger charge is 2.22. The molecular weight excluding hydrogens is 198 g/mol. The average Bonchev–Trinajstić information content (AvgIpc) is 2.35. The second-order valence-corrected chi connectivity index (χ2v) is 4.76. The normalized spacial score (nSPS) is 21.0. The lowest BCUT2D eigenvalue weighted by Crippen LogP contribution is -2.28. The first-order valence-electron chi connectivity index (χ1n) is 6.12. The number of ether oxygens (including phenoxy) is 1. The van der Waals surface area contributed by atoms with E-state index >= 15 is 0 Å². The molecule has 0 aromatic heterocycles. The van der Waals surface area contributed by atoms with E-state index in [9.17, 15) is 0 Å². The molecule has 0 fully saturated rings. The Hall–Kier alpha value is -1.02. The van der Waals surface area contributed by atoms with Crippen molar-refractivity contribution in [3.63, 3.8) is 0 Å². The van der Waals surface area contributed by atoms with Crippen LogP contribution in [0.3, 0.4) is 0 Å². The van der Waals surface area contributed by atoms with Gasteiger partial charge in [0.25, 0.3) is 0 Å². The van der Waals surface area contributed by atoms with Gasteiger partial charge >= 0.3 is 0 Å². The molecule has 1 heterocycles. The molecule has 2 heteroatoms. The fraction of sp³-hybridized carbons (Fsp3) is 0.571. The number of fused-ring (bicyclic) bond motifs is 1. The summed E-state index contributed by atoms with van der Waals surface area (Å²) in [5, 5.41) is 3.53. The van der Waals surface area contributed by atoms with E-state index in [1.54, 1.807) is 7.11 Å². The number of nitrogens with one attached hydrogen (secondary N) is 1. The van der Waals surface area contributed by atoms with Crippen molar-refractivity contribution in [2.75, 3.05) is 25.6 Å². The van der Waals surface area contributed by atoms with Gasteiger partial charge in [-0.15, -0.1) is 0 Å². The highest BCUT2D eigenvalue weighted by molar-refractivity contribution is 5.53. The number of benzene rings is 1. The molecule has 2 nitrogen and oxygen atoms in total. The van der Waals surface area contributed by atoms with Crippen LogP contribution in [0.2, 0.25) is 0 Å². The highest BCUT2D eigenvalue weighted by Crippen LogP contribution is 2.29. The molecule has 2 unspecified atom stereocenters. The molecule has 88 valence electrons. The zero-order valence-corrected chi connectivity index (χ0v) is 10.2. The molecule has 2 atom stereocenters. The first kappa shape index (κ1) is 11.5. The van der Waals surface area contributed by atoms with Crippen molar-refractivity contribution in [1.29, 1.82) is 0 Å². The molecule has 0 amide bonds. The van der Waals surface area contributed by atoms with Gasteiger partial charge in [-0.2, -0.15) is 0 Å². The van der Waals surface area contributed by atoms with E-state index < -0.39 is 0 Å². The molecule has 16 heavy (non-hydrogen) atoms. The molecule has 1 aliphatic heterocycles. The number of hydrogen-bond donors (Lipinski definition) is 1. The smallest absolute Gasteiger partial charge is 0.0464 e. The van der Waals surface area contributed by atoms with Crippen LogP contribution in [0.25, 0.3) is 0 Å². The lowest BCUT2D eigenvalue weighted by Gasteiger charge is -2.30. The zero-order chi connectivity index (χ0) is 11.4. The molecule has 2 rings (SSSR count). The molecule has 0 saturated carbocycles. The average molecular weight is 219 g/mol. The lowest BCUT2D eigenvalue weighted by molar-refractivity contribution is 0.166. The van der Waals surface area contributed by atoms with Crippen molar-refractivity contribution in [2.45, 2.75) is 19.8 Å². The Labute approximate surface area is 98.0 Å². The Morgan fingerprint density at radius 1 is 1.44 bits per heavy atom. The van der Waals surface area contributed by atoms with Gasteiger partial charge in [-0.25, -0.2) is 0 Å². The minimum Gasteiger partial charge on any atom is -0.385 e. The molecule has 0 bridgehead atoms. The predicted octanol–water partition coefficient (Wildman–Crippen LogP) is 2.94. The summed E-state index contributed by atoms with van der Waals surface area (Å²) in [7, 11) is 1.78. The number of hydrogen-bond acceptors (Lipinski definition) is 2. The lowest BCUT2D eigenvalue weighted by atomic mass is 9.83. The minimum atomic E-state index is 0.723. The van der Waals surface area contributed by atoms with E-state index in [2.05, 4.69) is 36.5 Å². The van der Waals surface area contributed by atoms with Crippen molar-refractivity contribution in [2.24, 2.45) is 11.8 Å². The van der Waals surface area contributed by atoms with Crippen molar-refractivity contribution >= 4 is 5.69 Å². The number of anilines is 1. The summed E-state index contributed by atoms with van der Waals surface area (Å²) in [6.45, 7) is 4.31. The summed E-state index contributed by atoms with van der Waals surface area (Å²) in [5.41, 5.74) is 2.78. The maximum atomic E-state index is 5.15. The molecule has 0 radical (unpaired) electrons. The summed E-state index contributed by atoms with van der Waals surface area (Å²) in [4.78, 5) is 0. The standard InChI is InChI=1S/C14H21NO/c1-11(7-8-16-2)13-9-12-5-3-4-6-14(12)15-10-13/h3-6,11,13,15H,7-10H2,1-2H3. The maximum absolute atomic E-state index is 5.15. The molecule has 1 aliphatic rings. The van der Waals surface area contributed by atoms with Gasteiger partial charge < -0.3 is 10.1 Å². The van der Waals surface area contributed by atoms with Crippen LogP contribution in [0.5, 0.6) is 0 Å². The van der Waals surface area contributed by atoms with Crippen LogP contribution in [-0.4, -0.2) is 20.3 Å². The second-order valence-electron chi connectivity index (χ2n) is 4.76. The largest absolute Gasteiger partial charge is 0.385 e. The Kier molecular flexibility index (Phi) is 3.83. The van der Waals surface area contributed by atoms with Crippen LogP contribution in [0.4, 0.5) is 5.69 Å². The van der Waals surface area contributed by atoms with Crippen LogP contribution in [0.15, 0.2) is 24.3 Å². The predicted molar refractivity (Wildman–Crippen MR) is 67.8 cm³/mol. The molecule has 1 aromatic rings. The van der Waals surface area contributed by atoms with Gasteiger partial charge in [0.15, 0.2) is 0 Å². The maximum Gasteiger partial charge on any atom is 0.0464 e. The van der Waals surface area contributed by atoms with Crippen molar-refractivity contribution in [1.82, 2.24) is 0 Å². The molecule has 0 aliphatic carbocycles. The highest BCUT2D eigenvalue weighted by atomic mass is 16.5. The first-order valence-corrected chi connectivity index (χ1v) is 6.12. The summed E-state index contributed by atoms with van der Waals surface area (Å²) in [6, 6.07) is 8.63. The minimum absolute atomic E-state index is 0.723. The topological polar surface area (TPSA) is 21.3 Å². The van der Waals surface area contributed by atoms with E-state index in [1.807, 2.05) is 0 Å². The van der Waals surface area contributed by atoms with E-state index in [1.165, 1.54) is 17.7 Å². The summed E-state index contributed by atoms with van der Waals surface area (Å²) in [5.74, 6) is 1.46. The fourth-order valence-electron chi connectivity index (χ4n) is 2.41. The zero-order valence-electron chi connectivity index (χ0n) is 10.2. The number of rotatable bonds is 4. The first-order chi connectivity index (χ1) is 7.81. The van der Waals surface area contributed by atoms with Crippen LogP contribution in [0.1, 0.15) is 18.9 Å². The van der Waals surface area contributed by atoms with Crippen LogP contribution in [-0.2, 0) is 11.2 Å². The molecule has 1 N–H and O–H groups in total. The monoisotopic (exact) mass is 219 g/mol. The van der Waals surface area contributed by atoms with Gasteiger partial charge in [0.1, 0.15) is 0 Å². The van der Waals surface area contributed by atoms with Gasteiger partial charge in [0.2, 0.25) is 0 Å². The van der Waals surface area contributed by atoms with Gasteiger partial charge in [0, 0.05) is 25.9 Å². The third-order valence-electron chi connectivity index (χ3n) is 3.64. The molecule has 1 aromatic carbocycles. The van der Waals surface area contributed by atoms with Gasteiger partial charge in [-0.3, -0.25) is 0 Å². The van der Waals surface area contributed by atoms with Crippen LogP contribution >= 0.6 is 0 Å². The van der Waals surface area contributed by atoms with E-state index in [0.29, 0.717) is 0 Å². The quantitative estimate of drug-likeness (QED) is 0.840. The van der Waals surface area contributed by atoms with Crippen LogP contribution < -0.4 is 5.32 Å². The Bertz CT molecular complexity index is 337. The van der Waals surface area contributed by atoms with Gasteiger partial charge in [-0.05, 0) is 36.3 Å². The third kappa shape index (κ3) is 2.56. The third-order valence-corrected chi connectivity index (χ3v) is 3.64. The van der Waals surface area contributed by atoms with E-state index in [4.69, 9.17) is 4.74 Å². The van der Waals surface area contributed by atoms with Gasteiger partial charge in [-0.1, -0.05) is 25.1 Å². The Morgan fingerprint density at radius 2 is 2.25 bits per heavy atom. The summed E-state index contributed by atoms with van der Waals surface area (Å²) >= 11 is 0. The molecular formula is C14H21NO. The number of methoxy groups -OCH3 is 1. The summed E-state index contributed by atoms with van der Waals surface area (Å²) < 4.78 is 5.15. The summed E-state index contributed by atoms with van der Waals surface area (Å²) in [6.07, 6.45) is 2.36. The Morgan fingerprint density at radius 3 is 3.06 bits per heavy atom. The Balaban J connectivity index is 1.97. The van der Waals surface area contributed by atoms with Crippen LogP contribution in [0, 0.1) is 11.8 Å². The van der Waals surface area contributed by atoms with Crippen molar-refractivity contribution in [3.8, 4) is 0 Å². The van der Waals surface area contributed by atoms with Crippen molar-refractivity contribution < 1.29 is 4.74 Å².